The number of para-hydroxylation sites is 2. The number of piperazine rings is 1. The average molecular weight is 486 g/mol. The maximum absolute atomic E-state index is 13.5. The fourth-order valence-corrected chi connectivity index (χ4v) is 4.49. The lowest BCUT2D eigenvalue weighted by atomic mass is 10.1. The van der Waals surface area contributed by atoms with Crippen LogP contribution in [0.3, 0.4) is 0 Å². The normalized spacial score (nSPS) is 13.8. The SMILES string of the molecule is COc1ccccc1-n1c(-c2ccc(Cl)cc2)cc(C(=O)N2CCN(C(=O)CCl)CC2)c1C. The van der Waals surface area contributed by atoms with Crippen molar-refractivity contribution in [3.8, 4) is 22.7 Å². The van der Waals surface area contributed by atoms with Crippen molar-refractivity contribution >= 4 is 35.0 Å². The summed E-state index contributed by atoms with van der Waals surface area (Å²) < 4.78 is 7.65. The van der Waals surface area contributed by atoms with Gasteiger partial charge in [0.2, 0.25) is 5.91 Å². The van der Waals surface area contributed by atoms with Crippen molar-refractivity contribution in [1.29, 1.82) is 0 Å². The van der Waals surface area contributed by atoms with E-state index in [2.05, 4.69) is 0 Å². The summed E-state index contributed by atoms with van der Waals surface area (Å²) >= 11 is 11.8. The number of alkyl halides is 1. The standard InChI is InChI=1S/C25H25Cl2N3O3/c1-17-20(25(32)29-13-11-28(12-14-29)24(31)16-26)15-22(18-7-9-19(27)10-8-18)30(17)21-5-3-4-6-23(21)33-2/h3-10,15H,11-14,16H2,1-2H3. The number of hydrogen-bond acceptors (Lipinski definition) is 3. The zero-order valence-corrected chi connectivity index (χ0v) is 20.1. The van der Waals surface area contributed by atoms with Crippen LogP contribution >= 0.6 is 23.2 Å². The summed E-state index contributed by atoms with van der Waals surface area (Å²) in [6.45, 7) is 3.83. The smallest absolute Gasteiger partial charge is 0.255 e. The van der Waals surface area contributed by atoms with Crippen molar-refractivity contribution in [3.05, 3.63) is 70.9 Å². The molecule has 4 rings (SSSR count). The van der Waals surface area contributed by atoms with Gasteiger partial charge in [-0.3, -0.25) is 9.59 Å². The fraction of sp³-hybridized carbons (Fsp3) is 0.280. The lowest BCUT2D eigenvalue weighted by Crippen LogP contribution is -2.51. The highest BCUT2D eigenvalue weighted by molar-refractivity contribution is 6.30. The van der Waals surface area contributed by atoms with E-state index >= 15 is 0 Å². The largest absolute Gasteiger partial charge is 0.495 e. The lowest BCUT2D eigenvalue weighted by molar-refractivity contribution is -0.129. The van der Waals surface area contributed by atoms with Crippen LogP contribution in [0, 0.1) is 6.92 Å². The van der Waals surface area contributed by atoms with Gasteiger partial charge >= 0.3 is 0 Å². The number of amides is 2. The molecule has 0 aliphatic carbocycles. The Bertz CT molecular complexity index is 1170. The molecule has 2 amide bonds. The number of methoxy groups -OCH3 is 1. The van der Waals surface area contributed by atoms with Gasteiger partial charge in [-0.2, -0.15) is 0 Å². The van der Waals surface area contributed by atoms with Crippen molar-refractivity contribution < 1.29 is 14.3 Å². The molecule has 33 heavy (non-hydrogen) atoms. The van der Waals surface area contributed by atoms with Gasteiger partial charge in [-0.25, -0.2) is 0 Å². The average Bonchev–Trinajstić information content (AvgIpc) is 3.20. The minimum Gasteiger partial charge on any atom is -0.495 e. The van der Waals surface area contributed by atoms with E-state index in [1.807, 2.05) is 66.1 Å². The first-order valence-corrected chi connectivity index (χ1v) is 11.6. The summed E-state index contributed by atoms with van der Waals surface area (Å²) in [5.41, 5.74) is 4.08. The van der Waals surface area contributed by atoms with Crippen molar-refractivity contribution in [3.63, 3.8) is 0 Å². The number of aromatic nitrogens is 1. The molecule has 8 heteroatoms. The Morgan fingerprint density at radius 2 is 1.61 bits per heavy atom. The van der Waals surface area contributed by atoms with Crippen molar-refractivity contribution in [1.82, 2.24) is 14.4 Å². The maximum atomic E-state index is 13.5. The fourth-order valence-electron chi connectivity index (χ4n) is 4.20. The molecule has 1 aliphatic heterocycles. The summed E-state index contributed by atoms with van der Waals surface area (Å²) in [5.74, 6) is 0.499. The molecule has 6 nitrogen and oxygen atoms in total. The second-order valence-corrected chi connectivity index (χ2v) is 8.55. The van der Waals surface area contributed by atoms with E-state index in [0.29, 0.717) is 42.5 Å². The van der Waals surface area contributed by atoms with E-state index in [1.165, 1.54) is 0 Å². The van der Waals surface area contributed by atoms with Crippen LogP contribution < -0.4 is 4.74 Å². The first-order valence-electron chi connectivity index (χ1n) is 10.7. The molecule has 1 aromatic heterocycles. The third kappa shape index (κ3) is 4.59. The molecule has 0 spiro atoms. The number of nitrogens with zero attached hydrogens (tertiary/aromatic N) is 3. The molecule has 172 valence electrons. The predicted molar refractivity (Wildman–Crippen MR) is 131 cm³/mol. The first kappa shape index (κ1) is 23.2. The third-order valence-electron chi connectivity index (χ3n) is 5.98. The lowest BCUT2D eigenvalue weighted by Gasteiger charge is -2.34. The number of ether oxygens (including phenoxy) is 1. The maximum Gasteiger partial charge on any atom is 0.255 e. The van der Waals surface area contributed by atoms with E-state index in [-0.39, 0.29) is 17.7 Å². The van der Waals surface area contributed by atoms with E-state index in [4.69, 9.17) is 27.9 Å². The quantitative estimate of drug-likeness (QED) is 0.494. The first-order chi connectivity index (χ1) is 15.9. The summed E-state index contributed by atoms with van der Waals surface area (Å²) in [6, 6.07) is 17.2. The Labute approximate surface area is 203 Å². The minimum atomic E-state index is -0.104. The van der Waals surface area contributed by atoms with Gasteiger partial charge in [-0.15, -0.1) is 11.6 Å². The van der Waals surface area contributed by atoms with Gasteiger partial charge < -0.3 is 19.1 Å². The van der Waals surface area contributed by atoms with E-state index in [9.17, 15) is 9.59 Å². The third-order valence-corrected chi connectivity index (χ3v) is 6.46. The minimum absolute atomic E-state index is 0.0424. The molecule has 0 atom stereocenters. The number of hydrogen-bond donors (Lipinski definition) is 0. The molecular weight excluding hydrogens is 461 g/mol. The van der Waals surface area contributed by atoms with Crippen molar-refractivity contribution in [2.45, 2.75) is 6.92 Å². The molecule has 2 heterocycles. The highest BCUT2D eigenvalue weighted by Crippen LogP contribution is 2.34. The molecule has 1 aliphatic rings. The van der Waals surface area contributed by atoms with Gasteiger partial charge in [0.1, 0.15) is 11.6 Å². The zero-order chi connectivity index (χ0) is 23.5. The van der Waals surface area contributed by atoms with Crippen LogP contribution in [0.1, 0.15) is 16.1 Å². The van der Waals surface area contributed by atoms with Crippen LogP contribution in [0.15, 0.2) is 54.6 Å². The van der Waals surface area contributed by atoms with E-state index < -0.39 is 0 Å². The molecular formula is C25H25Cl2N3O3. The van der Waals surface area contributed by atoms with Gasteiger partial charge in [-0.1, -0.05) is 35.9 Å². The van der Waals surface area contributed by atoms with E-state index in [1.54, 1.807) is 16.9 Å². The topological polar surface area (TPSA) is 54.8 Å². The number of carbonyl (C=O) groups is 2. The Hall–Kier alpha value is -2.96. The molecule has 0 unspecified atom stereocenters. The molecule has 1 saturated heterocycles. The van der Waals surface area contributed by atoms with Crippen LogP contribution in [-0.2, 0) is 4.79 Å². The number of benzene rings is 2. The molecule has 0 saturated carbocycles. The van der Waals surface area contributed by atoms with Gasteiger partial charge in [0, 0.05) is 36.9 Å². The molecule has 1 fully saturated rings. The summed E-state index contributed by atoms with van der Waals surface area (Å²) in [7, 11) is 1.63. The van der Waals surface area contributed by atoms with Crippen LogP contribution in [0.25, 0.3) is 16.9 Å². The Kier molecular flexibility index (Phi) is 6.96. The summed E-state index contributed by atoms with van der Waals surface area (Å²) in [6.07, 6.45) is 0. The number of carbonyl (C=O) groups excluding carboxylic acids is 2. The van der Waals surface area contributed by atoms with Crippen molar-refractivity contribution in [2.24, 2.45) is 0 Å². The molecule has 0 bridgehead atoms. The van der Waals surface area contributed by atoms with Crippen LogP contribution in [0.4, 0.5) is 0 Å². The number of rotatable bonds is 5. The molecule has 2 aromatic carbocycles. The summed E-state index contributed by atoms with van der Waals surface area (Å²) in [5, 5.41) is 0.645. The Morgan fingerprint density at radius 3 is 2.24 bits per heavy atom. The monoisotopic (exact) mass is 485 g/mol. The van der Waals surface area contributed by atoms with Gasteiger partial charge in [-0.05, 0) is 42.8 Å². The van der Waals surface area contributed by atoms with E-state index in [0.717, 1.165) is 22.6 Å². The second-order valence-electron chi connectivity index (χ2n) is 7.85. The summed E-state index contributed by atoms with van der Waals surface area (Å²) in [4.78, 5) is 28.9. The molecule has 3 aromatic rings. The molecule has 0 radical (unpaired) electrons. The zero-order valence-electron chi connectivity index (χ0n) is 18.6. The Balaban J connectivity index is 1.75. The van der Waals surface area contributed by atoms with Crippen LogP contribution in [0.2, 0.25) is 5.02 Å². The van der Waals surface area contributed by atoms with Gasteiger partial charge in [0.15, 0.2) is 0 Å². The van der Waals surface area contributed by atoms with Gasteiger partial charge in [0.25, 0.3) is 5.91 Å². The van der Waals surface area contributed by atoms with Crippen LogP contribution in [0.5, 0.6) is 5.75 Å². The highest BCUT2D eigenvalue weighted by atomic mass is 35.5. The van der Waals surface area contributed by atoms with Crippen LogP contribution in [-0.4, -0.2) is 65.4 Å². The van der Waals surface area contributed by atoms with Crippen molar-refractivity contribution in [2.75, 3.05) is 39.2 Å². The Morgan fingerprint density at radius 1 is 0.970 bits per heavy atom. The predicted octanol–water partition coefficient (Wildman–Crippen LogP) is 4.64. The number of halogens is 2. The molecule has 0 N–H and O–H groups in total. The second kappa shape index (κ2) is 9.89. The van der Waals surface area contributed by atoms with Gasteiger partial charge in [0.05, 0.1) is 24.1 Å². The highest BCUT2D eigenvalue weighted by Gasteiger charge is 2.28.